The van der Waals surface area contributed by atoms with Crippen molar-refractivity contribution in [3.63, 3.8) is 0 Å². The number of aryl methyl sites for hydroxylation is 2. The Morgan fingerprint density at radius 1 is 1.32 bits per heavy atom. The van der Waals surface area contributed by atoms with Crippen LogP contribution in [0, 0.1) is 0 Å². The summed E-state index contributed by atoms with van der Waals surface area (Å²) in [7, 11) is 0. The molecule has 0 saturated heterocycles. The second-order valence-electron chi connectivity index (χ2n) is 7.76. The quantitative estimate of drug-likeness (QED) is 0.0991. The lowest BCUT2D eigenvalue weighted by Gasteiger charge is -2.09. The number of aromatic amines is 1. The smallest absolute Gasteiger partial charge is 0.286 e. The van der Waals surface area contributed by atoms with E-state index < -0.39 is 0 Å². The van der Waals surface area contributed by atoms with Gasteiger partial charge in [0.25, 0.3) is 5.56 Å². The summed E-state index contributed by atoms with van der Waals surface area (Å²) in [5.41, 5.74) is 1.44. The number of aromatic nitrogens is 6. The molecule has 0 aliphatic carbocycles. The maximum absolute atomic E-state index is 13.2. The number of hydrogen-bond donors (Lipinski definition) is 3. The van der Waals surface area contributed by atoms with E-state index in [1.807, 2.05) is 4.57 Å². The number of para-hydroxylation sites is 1. The van der Waals surface area contributed by atoms with Gasteiger partial charge in [-0.05, 0) is 40.9 Å². The lowest BCUT2D eigenvalue weighted by Crippen LogP contribution is -2.21. The van der Waals surface area contributed by atoms with Gasteiger partial charge in [0.2, 0.25) is 11.7 Å². The van der Waals surface area contributed by atoms with E-state index in [9.17, 15) is 9.90 Å². The van der Waals surface area contributed by atoms with Gasteiger partial charge in [-0.25, -0.2) is 14.4 Å². The Morgan fingerprint density at radius 2 is 2.12 bits per heavy atom. The molecular formula is C22H25BrN8O3. The third-order valence-electron chi connectivity index (χ3n) is 5.41. The van der Waals surface area contributed by atoms with E-state index in [1.165, 1.54) is 10.5 Å². The normalized spacial score (nSPS) is 12.0. The predicted octanol–water partition coefficient (Wildman–Crippen LogP) is 3.21. The van der Waals surface area contributed by atoms with Crippen molar-refractivity contribution in [1.29, 1.82) is 0 Å². The Bertz CT molecular complexity index is 1440. The molecule has 4 N–H and O–H groups in total. The van der Waals surface area contributed by atoms with Crippen molar-refractivity contribution in [3.05, 3.63) is 63.0 Å². The second kappa shape index (κ2) is 10.2. The van der Waals surface area contributed by atoms with Crippen LogP contribution in [0.15, 0.2) is 51.1 Å². The standard InChI is InChI=1S/C22H25BrN8O3/c1-3-4-7-12-30-18-17(26-21(23)27-18)20(33)31-16(28-29-22(30)31)11-10-13(2)25-19(34-24)14-8-5-6-9-15(14)32/h5-6,8-9,32H,2-4,7,10-12,24H2,1H3,(H,26,27). The SMILES string of the molecule is C=C(CCc1nnc2n(CCCCC)c3nc(Br)[nH]c3c(=O)n12)N=C(ON)c1ccccc1O. The van der Waals surface area contributed by atoms with Crippen molar-refractivity contribution in [2.45, 2.75) is 45.6 Å². The number of benzene rings is 1. The number of nitrogens with zero attached hydrogens (tertiary/aromatic N) is 6. The van der Waals surface area contributed by atoms with E-state index in [4.69, 9.17) is 10.7 Å². The lowest BCUT2D eigenvalue weighted by molar-refractivity contribution is 0.320. The highest BCUT2D eigenvalue weighted by molar-refractivity contribution is 9.10. The molecule has 34 heavy (non-hydrogen) atoms. The number of rotatable bonds is 9. The van der Waals surface area contributed by atoms with Gasteiger partial charge in [-0.2, -0.15) is 5.90 Å². The zero-order valence-corrected chi connectivity index (χ0v) is 20.2. The summed E-state index contributed by atoms with van der Waals surface area (Å²) in [6.45, 7) is 6.75. The van der Waals surface area contributed by atoms with Gasteiger partial charge in [0.1, 0.15) is 11.6 Å². The van der Waals surface area contributed by atoms with E-state index in [-0.39, 0.29) is 17.2 Å². The number of hydrogen-bond acceptors (Lipinski definition) is 8. The summed E-state index contributed by atoms with van der Waals surface area (Å²) < 4.78 is 3.89. The van der Waals surface area contributed by atoms with Crippen LogP contribution in [0.2, 0.25) is 0 Å². The number of nitrogens with one attached hydrogen (secondary N) is 1. The van der Waals surface area contributed by atoms with Gasteiger partial charge in [0.15, 0.2) is 15.9 Å². The Hall–Kier alpha value is -3.51. The van der Waals surface area contributed by atoms with Gasteiger partial charge in [-0.1, -0.05) is 38.5 Å². The van der Waals surface area contributed by atoms with Crippen LogP contribution in [-0.2, 0) is 17.8 Å². The number of phenolic OH excluding ortho intramolecular Hbond substituents is 1. The number of H-pyrrole nitrogens is 1. The molecule has 0 atom stereocenters. The van der Waals surface area contributed by atoms with Crippen LogP contribution in [0.3, 0.4) is 0 Å². The third kappa shape index (κ3) is 4.59. The van der Waals surface area contributed by atoms with Crippen LogP contribution >= 0.6 is 15.9 Å². The molecule has 0 saturated carbocycles. The van der Waals surface area contributed by atoms with Gasteiger partial charge < -0.3 is 14.9 Å². The summed E-state index contributed by atoms with van der Waals surface area (Å²) in [6.07, 6.45) is 3.76. The summed E-state index contributed by atoms with van der Waals surface area (Å²) in [6, 6.07) is 6.56. The van der Waals surface area contributed by atoms with Gasteiger partial charge in [-0.3, -0.25) is 9.36 Å². The number of aromatic hydroxyl groups is 1. The maximum atomic E-state index is 13.2. The molecule has 0 radical (unpaired) electrons. The summed E-state index contributed by atoms with van der Waals surface area (Å²) in [5, 5.41) is 18.6. The van der Waals surface area contributed by atoms with Gasteiger partial charge in [0, 0.05) is 18.7 Å². The molecule has 0 aliphatic rings. The molecule has 0 spiro atoms. The monoisotopic (exact) mass is 528 g/mol. The van der Waals surface area contributed by atoms with Crippen LogP contribution in [0.5, 0.6) is 5.75 Å². The van der Waals surface area contributed by atoms with Crippen LogP contribution < -0.4 is 11.5 Å². The van der Waals surface area contributed by atoms with Crippen molar-refractivity contribution < 1.29 is 9.94 Å². The molecule has 4 rings (SSSR count). The van der Waals surface area contributed by atoms with Crippen molar-refractivity contribution >= 4 is 38.8 Å². The fourth-order valence-corrected chi connectivity index (χ4v) is 4.09. The fraction of sp³-hybridized carbons (Fsp3) is 0.318. The average Bonchev–Trinajstić information content (AvgIpc) is 3.43. The topological polar surface area (TPSA) is 149 Å². The van der Waals surface area contributed by atoms with Crippen LogP contribution in [0.1, 0.15) is 44.0 Å². The van der Waals surface area contributed by atoms with Gasteiger partial charge in [0.05, 0.1) is 5.56 Å². The number of nitrogens with two attached hydrogens (primary N) is 1. The van der Waals surface area contributed by atoms with E-state index in [0.717, 1.165) is 19.3 Å². The number of fused-ring (bicyclic) bond motifs is 2. The lowest BCUT2D eigenvalue weighted by atomic mass is 10.2. The summed E-state index contributed by atoms with van der Waals surface area (Å²) in [4.78, 5) is 29.8. The predicted molar refractivity (Wildman–Crippen MR) is 132 cm³/mol. The molecule has 12 heteroatoms. The first-order chi connectivity index (χ1) is 16.4. The molecule has 1 aromatic carbocycles. The number of phenols is 1. The molecule has 4 aromatic rings. The molecule has 3 heterocycles. The zero-order valence-electron chi connectivity index (χ0n) is 18.7. The Labute approximate surface area is 203 Å². The molecule has 0 fully saturated rings. The number of halogens is 1. The van der Waals surface area contributed by atoms with E-state index in [0.29, 0.717) is 58.1 Å². The van der Waals surface area contributed by atoms with Crippen molar-refractivity contribution in [2.24, 2.45) is 10.9 Å². The summed E-state index contributed by atoms with van der Waals surface area (Å²) >= 11 is 3.33. The highest BCUT2D eigenvalue weighted by Crippen LogP contribution is 2.20. The summed E-state index contributed by atoms with van der Waals surface area (Å²) in [5.74, 6) is 6.31. The first-order valence-electron chi connectivity index (χ1n) is 10.9. The number of unbranched alkanes of at least 4 members (excludes halogenated alkanes) is 2. The minimum absolute atomic E-state index is 0.0127. The van der Waals surface area contributed by atoms with Crippen molar-refractivity contribution in [1.82, 2.24) is 29.1 Å². The molecule has 178 valence electrons. The van der Waals surface area contributed by atoms with Crippen LogP contribution in [-0.4, -0.2) is 40.1 Å². The van der Waals surface area contributed by atoms with Crippen molar-refractivity contribution in [2.75, 3.05) is 0 Å². The first kappa shape index (κ1) is 23.6. The van der Waals surface area contributed by atoms with Crippen molar-refractivity contribution in [3.8, 4) is 5.75 Å². The fourth-order valence-electron chi connectivity index (χ4n) is 3.72. The van der Waals surface area contributed by atoms with Crippen LogP contribution in [0.25, 0.3) is 16.9 Å². The molecule has 0 aliphatic heterocycles. The highest BCUT2D eigenvalue weighted by Gasteiger charge is 2.19. The molecule has 0 bridgehead atoms. The Morgan fingerprint density at radius 3 is 2.85 bits per heavy atom. The van der Waals surface area contributed by atoms with Gasteiger partial charge in [-0.15, -0.1) is 10.2 Å². The number of imidazole rings is 1. The Kier molecular flexibility index (Phi) is 7.08. The van der Waals surface area contributed by atoms with E-state index in [1.54, 1.807) is 18.2 Å². The average molecular weight is 529 g/mol. The van der Waals surface area contributed by atoms with E-state index >= 15 is 0 Å². The molecule has 0 unspecified atom stereocenters. The molecule has 0 amide bonds. The third-order valence-corrected chi connectivity index (χ3v) is 5.79. The Balaban J connectivity index is 1.64. The molecule has 11 nitrogen and oxygen atoms in total. The molecule has 3 aromatic heterocycles. The van der Waals surface area contributed by atoms with Gasteiger partial charge >= 0.3 is 0 Å². The second-order valence-corrected chi connectivity index (χ2v) is 8.51. The van der Waals surface area contributed by atoms with E-state index in [2.05, 4.69) is 54.6 Å². The minimum atomic E-state index is -0.274. The number of allylic oxidation sites excluding steroid dienone is 1. The molecular weight excluding hydrogens is 504 g/mol. The number of aliphatic imine (C=N–C) groups is 1. The first-order valence-corrected chi connectivity index (χ1v) is 11.7. The highest BCUT2D eigenvalue weighted by atomic mass is 79.9. The maximum Gasteiger partial charge on any atom is 0.286 e. The largest absolute Gasteiger partial charge is 0.507 e. The zero-order chi connectivity index (χ0) is 24.2. The van der Waals surface area contributed by atoms with Crippen LogP contribution in [0.4, 0.5) is 0 Å². The minimum Gasteiger partial charge on any atom is -0.507 e.